The summed E-state index contributed by atoms with van der Waals surface area (Å²) in [5.74, 6) is -2.08. The van der Waals surface area contributed by atoms with Crippen LogP contribution in [-0.2, 0) is 14.4 Å². The minimum absolute atomic E-state index is 0.0357. The molecule has 0 atom stereocenters. The maximum atomic E-state index is 12.5. The number of amides is 3. The molecular weight excluding hydrogens is 293 g/mol. The van der Waals surface area contributed by atoms with Gasteiger partial charge in [0.2, 0.25) is 11.8 Å². The first kappa shape index (κ1) is 16.9. The van der Waals surface area contributed by atoms with Crippen molar-refractivity contribution in [2.24, 2.45) is 5.10 Å². The van der Waals surface area contributed by atoms with Crippen LogP contribution in [0.15, 0.2) is 5.10 Å². The van der Waals surface area contributed by atoms with Crippen LogP contribution in [0.5, 0.6) is 0 Å². The molecule has 21 heavy (non-hydrogen) atoms. The molecule has 0 aromatic rings. The second kappa shape index (κ2) is 6.55. The lowest BCUT2D eigenvalue weighted by Gasteiger charge is -2.26. The monoisotopic (exact) mass is 308 g/mol. The number of nitrogens with zero attached hydrogens (tertiary/aromatic N) is 3. The maximum absolute atomic E-state index is 12.5. The molecule has 1 aliphatic rings. The summed E-state index contributed by atoms with van der Waals surface area (Å²) in [4.78, 5) is 35.9. The van der Waals surface area contributed by atoms with Crippen LogP contribution in [0, 0.1) is 0 Å². The Morgan fingerprint density at radius 1 is 1.29 bits per heavy atom. The number of rotatable bonds is 4. The van der Waals surface area contributed by atoms with Gasteiger partial charge in [-0.1, -0.05) is 0 Å². The van der Waals surface area contributed by atoms with Crippen molar-refractivity contribution in [1.29, 1.82) is 0 Å². The van der Waals surface area contributed by atoms with E-state index < -0.39 is 37.0 Å². The Morgan fingerprint density at radius 3 is 2.33 bits per heavy atom. The van der Waals surface area contributed by atoms with Crippen molar-refractivity contribution in [3.63, 3.8) is 0 Å². The van der Waals surface area contributed by atoms with Crippen LogP contribution in [0.1, 0.15) is 12.8 Å². The fourth-order valence-electron chi connectivity index (χ4n) is 1.53. The van der Waals surface area contributed by atoms with E-state index in [1.165, 1.54) is 14.1 Å². The minimum Gasteiger partial charge on any atom is -0.347 e. The maximum Gasteiger partial charge on any atom is 0.406 e. The molecule has 0 aliphatic carbocycles. The van der Waals surface area contributed by atoms with Crippen molar-refractivity contribution in [2.45, 2.75) is 19.0 Å². The third-order valence-corrected chi connectivity index (χ3v) is 2.63. The third kappa shape index (κ3) is 5.40. The molecular formula is C11H15F3N4O3. The molecule has 0 bridgehead atoms. The fourth-order valence-corrected chi connectivity index (χ4v) is 1.53. The molecule has 0 saturated carbocycles. The summed E-state index contributed by atoms with van der Waals surface area (Å²) >= 11 is 0. The van der Waals surface area contributed by atoms with Crippen molar-refractivity contribution >= 4 is 23.4 Å². The van der Waals surface area contributed by atoms with E-state index in [0.717, 1.165) is 4.90 Å². The van der Waals surface area contributed by atoms with Gasteiger partial charge in [0.1, 0.15) is 18.8 Å². The lowest BCUT2D eigenvalue weighted by Crippen LogP contribution is -2.48. The molecule has 1 N–H and O–H groups in total. The molecule has 7 nitrogen and oxygen atoms in total. The second-order valence-corrected chi connectivity index (χ2v) is 4.66. The van der Waals surface area contributed by atoms with E-state index in [-0.39, 0.29) is 18.6 Å². The Morgan fingerprint density at radius 2 is 1.90 bits per heavy atom. The first-order valence-corrected chi connectivity index (χ1v) is 6.01. The Bertz CT molecular complexity index is 474. The predicted molar refractivity (Wildman–Crippen MR) is 66.1 cm³/mol. The van der Waals surface area contributed by atoms with E-state index in [1.54, 1.807) is 0 Å². The molecule has 0 saturated heterocycles. The normalized spacial score (nSPS) is 15.1. The smallest absolute Gasteiger partial charge is 0.347 e. The van der Waals surface area contributed by atoms with Crippen molar-refractivity contribution in [2.75, 3.05) is 27.2 Å². The highest BCUT2D eigenvalue weighted by atomic mass is 19.4. The standard InChI is InChI=1S/C11H15F3N4O3/c1-17(2)9(20)5-18(6-11(12,13)14)10(21)7-3-4-8(19)16-15-7/h3-6H2,1-2H3,(H,16,19). The SMILES string of the molecule is CN(C)C(=O)CN(CC(F)(F)F)C(=O)C1=NNC(=O)CC1. The number of alkyl halides is 3. The van der Waals surface area contributed by atoms with Gasteiger partial charge in [0.25, 0.3) is 5.91 Å². The van der Waals surface area contributed by atoms with Gasteiger partial charge >= 0.3 is 6.18 Å². The molecule has 0 fully saturated rings. The van der Waals surface area contributed by atoms with E-state index in [0.29, 0.717) is 4.90 Å². The summed E-state index contributed by atoms with van der Waals surface area (Å²) in [6.07, 6.45) is -4.73. The number of hydrogen-bond acceptors (Lipinski definition) is 4. The molecule has 3 amide bonds. The van der Waals surface area contributed by atoms with E-state index in [1.807, 2.05) is 5.43 Å². The summed E-state index contributed by atoms with van der Waals surface area (Å²) in [6, 6.07) is 0. The quantitative estimate of drug-likeness (QED) is 0.776. The van der Waals surface area contributed by atoms with Crippen molar-refractivity contribution in [1.82, 2.24) is 15.2 Å². The van der Waals surface area contributed by atoms with E-state index in [2.05, 4.69) is 5.10 Å². The van der Waals surface area contributed by atoms with Crippen LogP contribution in [-0.4, -0.2) is 66.6 Å². The zero-order valence-electron chi connectivity index (χ0n) is 11.5. The second-order valence-electron chi connectivity index (χ2n) is 4.66. The summed E-state index contributed by atoms with van der Waals surface area (Å²) in [7, 11) is 2.74. The lowest BCUT2D eigenvalue weighted by atomic mass is 10.1. The number of likely N-dealkylation sites (N-methyl/N-ethyl adjacent to an activating group) is 1. The zero-order chi connectivity index (χ0) is 16.2. The number of hydrazone groups is 1. The average Bonchev–Trinajstić information content (AvgIpc) is 2.36. The van der Waals surface area contributed by atoms with Crippen LogP contribution >= 0.6 is 0 Å². The number of carbonyl (C=O) groups excluding carboxylic acids is 3. The molecule has 1 heterocycles. The van der Waals surface area contributed by atoms with Crippen LogP contribution in [0.25, 0.3) is 0 Å². The Labute approximate surface area is 118 Å². The Kier molecular flexibility index (Phi) is 5.28. The molecule has 1 rings (SSSR count). The van der Waals surface area contributed by atoms with Crippen LogP contribution in [0.3, 0.4) is 0 Å². The number of hydrogen-bond donors (Lipinski definition) is 1. The zero-order valence-corrected chi connectivity index (χ0v) is 11.5. The van der Waals surface area contributed by atoms with Gasteiger partial charge in [-0.05, 0) is 0 Å². The Balaban J connectivity index is 2.87. The first-order valence-electron chi connectivity index (χ1n) is 6.01. The van der Waals surface area contributed by atoms with E-state index in [4.69, 9.17) is 0 Å². The summed E-state index contributed by atoms with van der Waals surface area (Å²) in [5, 5.41) is 3.45. The number of nitrogens with one attached hydrogen (secondary N) is 1. The van der Waals surface area contributed by atoms with Crippen LogP contribution < -0.4 is 5.43 Å². The molecule has 0 unspecified atom stereocenters. The summed E-state index contributed by atoms with van der Waals surface area (Å²) in [6.45, 7) is -2.27. The van der Waals surface area contributed by atoms with Gasteiger partial charge in [0.05, 0.1) is 0 Å². The number of carbonyl (C=O) groups is 3. The van der Waals surface area contributed by atoms with Gasteiger partial charge in [-0.15, -0.1) is 0 Å². The first-order chi connectivity index (χ1) is 9.60. The van der Waals surface area contributed by atoms with Crippen LogP contribution in [0.4, 0.5) is 13.2 Å². The molecule has 0 spiro atoms. The highest BCUT2D eigenvalue weighted by Crippen LogP contribution is 2.17. The fraction of sp³-hybridized carbons (Fsp3) is 0.636. The van der Waals surface area contributed by atoms with Crippen LogP contribution in [0.2, 0.25) is 0 Å². The summed E-state index contributed by atoms with van der Waals surface area (Å²) in [5.41, 5.74) is 1.83. The van der Waals surface area contributed by atoms with Gasteiger partial charge in [0, 0.05) is 26.9 Å². The van der Waals surface area contributed by atoms with Gasteiger partial charge in [0.15, 0.2) is 0 Å². The molecule has 1 aliphatic heterocycles. The Hall–Kier alpha value is -2.13. The largest absolute Gasteiger partial charge is 0.406 e. The molecule has 0 aromatic carbocycles. The summed E-state index contributed by atoms with van der Waals surface area (Å²) < 4.78 is 37.6. The average molecular weight is 308 g/mol. The topological polar surface area (TPSA) is 82.1 Å². The molecule has 0 aromatic heterocycles. The van der Waals surface area contributed by atoms with E-state index >= 15 is 0 Å². The van der Waals surface area contributed by atoms with Gasteiger partial charge in [-0.3, -0.25) is 14.4 Å². The molecule has 10 heteroatoms. The van der Waals surface area contributed by atoms with Crippen molar-refractivity contribution in [3.05, 3.63) is 0 Å². The molecule has 118 valence electrons. The molecule has 0 radical (unpaired) electrons. The highest BCUT2D eigenvalue weighted by molar-refractivity contribution is 6.39. The lowest BCUT2D eigenvalue weighted by molar-refractivity contribution is -0.160. The third-order valence-electron chi connectivity index (χ3n) is 2.63. The van der Waals surface area contributed by atoms with Crippen molar-refractivity contribution < 1.29 is 27.6 Å². The predicted octanol–water partition coefficient (Wildman–Crippen LogP) is -0.269. The van der Waals surface area contributed by atoms with Gasteiger partial charge in [-0.25, -0.2) is 5.43 Å². The number of halogens is 3. The highest BCUT2D eigenvalue weighted by Gasteiger charge is 2.36. The van der Waals surface area contributed by atoms with Gasteiger partial charge < -0.3 is 9.80 Å². The van der Waals surface area contributed by atoms with E-state index in [9.17, 15) is 27.6 Å². The van der Waals surface area contributed by atoms with Crippen molar-refractivity contribution in [3.8, 4) is 0 Å². The van der Waals surface area contributed by atoms with Gasteiger partial charge in [-0.2, -0.15) is 18.3 Å². The minimum atomic E-state index is -4.64.